The van der Waals surface area contributed by atoms with Gasteiger partial charge in [-0.05, 0) is 6.07 Å². The van der Waals surface area contributed by atoms with Crippen molar-refractivity contribution in [2.45, 2.75) is 0 Å². The van der Waals surface area contributed by atoms with E-state index >= 15 is 0 Å². The number of carbonyl (C=O) groups is 2. The molecule has 1 rings (SSSR count). The number of halogens is 2. The van der Waals surface area contributed by atoms with E-state index in [2.05, 4.69) is 16.9 Å². The fourth-order valence-electron chi connectivity index (χ4n) is 1.44. The van der Waals surface area contributed by atoms with Gasteiger partial charge in [0.15, 0.2) is 5.82 Å². The maximum absolute atomic E-state index is 11.8. The first kappa shape index (κ1) is 16.4. The van der Waals surface area contributed by atoms with E-state index in [1.54, 1.807) is 0 Å². The number of rotatable bonds is 7. The zero-order valence-electron chi connectivity index (χ0n) is 10.5. The molecule has 1 amide bonds. The van der Waals surface area contributed by atoms with Gasteiger partial charge in [0.2, 0.25) is 5.91 Å². The molecule has 0 radical (unpaired) electrons. The van der Waals surface area contributed by atoms with Crippen LogP contribution in [0, 0.1) is 0 Å². The Hall–Kier alpha value is -1.63. The van der Waals surface area contributed by atoms with Gasteiger partial charge in [-0.2, -0.15) is 0 Å². The van der Waals surface area contributed by atoms with Crippen molar-refractivity contribution >= 4 is 40.9 Å². The molecule has 1 aromatic heterocycles. The molecular formula is C12H13Cl2N3O3. The van der Waals surface area contributed by atoms with Gasteiger partial charge in [-0.1, -0.05) is 29.3 Å². The molecule has 0 unspecified atom stereocenters. The number of aromatic nitrogens is 1. The predicted octanol–water partition coefficient (Wildman–Crippen LogP) is 1.90. The van der Waals surface area contributed by atoms with Gasteiger partial charge in [-0.3, -0.25) is 14.5 Å². The number of aliphatic carboxylic acids is 1. The highest BCUT2D eigenvalue weighted by molar-refractivity contribution is 6.36. The monoisotopic (exact) mass is 317 g/mol. The van der Waals surface area contributed by atoms with Crippen LogP contribution < -0.4 is 5.32 Å². The molecule has 0 saturated heterocycles. The van der Waals surface area contributed by atoms with Gasteiger partial charge in [0.05, 0.1) is 23.1 Å². The normalized spacial score (nSPS) is 10.3. The maximum atomic E-state index is 11.8. The van der Waals surface area contributed by atoms with E-state index in [1.807, 2.05) is 0 Å². The summed E-state index contributed by atoms with van der Waals surface area (Å²) in [6.45, 7) is 3.41. The molecule has 2 N–H and O–H groups in total. The van der Waals surface area contributed by atoms with Crippen LogP contribution in [0.4, 0.5) is 5.82 Å². The van der Waals surface area contributed by atoms with Gasteiger partial charge in [0, 0.05) is 12.7 Å². The summed E-state index contributed by atoms with van der Waals surface area (Å²) in [5.41, 5.74) is 0. The summed E-state index contributed by atoms with van der Waals surface area (Å²) in [4.78, 5) is 27.8. The summed E-state index contributed by atoms with van der Waals surface area (Å²) in [7, 11) is 0. The number of carboxylic acid groups (broad SMARTS) is 1. The van der Waals surface area contributed by atoms with Gasteiger partial charge >= 0.3 is 5.97 Å². The van der Waals surface area contributed by atoms with Gasteiger partial charge in [-0.25, -0.2) is 4.98 Å². The van der Waals surface area contributed by atoms with Gasteiger partial charge < -0.3 is 10.4 Å². The Morgan fingerprint density at radius 3 is 2.70 bits per heavy atom. The molecule has 0 spiro atoms. The van der Waals surface area contributed by atoms with E-state index in [4.69, 9.17) is 28.3 Å². The Morgan fingerprint density at radius 2 is 2.15 bits per heavy atom. The van der Waals surface area contributed by atoms with Crippen LogP contribution in [0.3, 0.4) is 0 Å². The van der Waals surface area contributed by atoms with Gasteiger partial charge in [0.1, 0.15) is 0 Å². The Labute approximate surface area is 126 Å². The molecule has 1 heterocycles. The zero-order valence-corrected chi connectivity index (χ0v) is 12.0. The third kappa shape index (κ3) is 5.56. The third-order valence-corrected chi connectivity index (χ3v) is 2.67. The molecule has 0 atom stereocenters. The molecule has 0 aliphatic carbocycles. The van der Waals surface area contributed by atoms with E-state index in [0.717, 1.165) is 0 Å². The quantitative estimate of drug-likeness (QED) is 0.750. The van der Waals surface area contributed by atoms with Crippen LogP contribution >= 0.6 is 23.2 Å². The third-order valence-electron chi connectivity index (χ3n) is 2.18. The molecule has 0 bridgehead atoms. The van der Waals surface area contributed by atoms with Crippen LogP contribution in [-0.2, 0) is 9.59 Å². The number of hydrogen-bond donors (Lipinski definition) is 2. The van der Waals surface area contributed by atoms with Crippen molar-refractivity contribution in [2.24, 2.45) is 0 Å². The first-order valence-electron chi connectivity index (χ1n) is 5.58. The van der Waals surface area contributed by atoms with Crippen LogP contribution in [0.5, 0.6) is 0 Å². The topological polar surface area (TPSA) is 82.5 Å². The zero-order chi connectivity index (χ0) is 15.1. The van der Waals surface area contributed by atoms with Gasteiger partial charge in [-0.15, -0.1) is 6.58 Å². The SMILES string of the molecule is C=CCN(CC(=O)O)CC(=O)Nc1ncc(Cl)cc1Cl. The van der Waals surface area contributed by atoms with Crippen molar-refractivity contribution in [1.29, 1.82) is 0 Å². The Balaban J connectivity index is 2.65. The second-order valence-corrected chi connectivity index (χ2v) is 4.73. The molecule has 6 nitrogen and oxygen atoms in total. The summed E-state index contributed by atoms with van der Waals surface area (Å²) in [6, 6.07) is 1.45. The average Bonchev–Trinajstić information content (AvgIpc) is 2.32. The largest absolute Gasteiger partial charge is 0.480 e. The maximum Gasteiger partial charge on any atom is 0.317 e. The second kappa shape index (κ2) is 7.84. The standard InChI is InChI=1S/C12H13Cl2N3O3/c1-2-3-17(7-11(19)20)6-10(18)16-12-9(14)4-8(13)5-15-12/h2,4-5H,1,3,6-7H2,(H,19,20)(H,15,16,18). The molecule has 0 aliphatic heterocycles. The van der Waals surface area contributed by atoms with E-state index in [9.17, 15) is 9.59 Å². The van der Waals surface area contributed by atoms with E-state index in [1.165, 1.54) is 23.2 Å². The van der Waals surface area contributed by atoms with E-state index < -0.39 is 11.9 Å². The summed E-state index contributed by atoms with van der Waals surface area (Å²) in [5.74, 6) is -1.28. The number of nitrogens with zero attached hydrogens (tertiary/aromatic N) is 2. The molecule has 0 fully saturated rings. The summed E-state index contributed by atoms with van der Waals surface area (Å²) >= 11 is 11.6. The van der Waals surface area contributed by atoms with Crippen molar-refractivity contribution in [3.05, 3.63) is 35.0 Å². The molecular weight excluding hydrogens is 305 g/mol. The Bertz CT molecular complexity index is 523. The number of hydrogen-bond acceptors (Lipinski definition) is 4. The first-order valence-corrected chi connectivity index (χ1v) is 6.34. The van der Waals surface area contributed by atoms with Crippen molar-refractivity contribution < 1.29 is 14.7 Å². The van der Waals surface area contributed by atoms with Crippen molar-refractivity contribution in [2.75, 3.05) is 25.0 Å². The lowest BCUT2D eigenvalue weighted by Crippen LogP contribution is -2.37. The lowest BCUT2D eigenvalue weighted by Gasteiger charge is -2.17. The smallest absolute Gasteiger partial charge is 0.317 e. The lowest BCUT2D eigenvalue weighted by molar-refractivity contribution is -0.138. The van der Waals surface area contributed by atoms with Crippen molar-refractivity contribution in [3.8, 4) is 0 Å². The highest BCUT2D eigenvalue weighted by Crippen LogP contribution is 2.22. The number of pyridine rings is 1. The number of nitrogens with one attached hydrogen (secondary N) is 1. The minimum Gasteiger partial charge on any atom is -0.480 e. The van der Waals surface area contributed by atoms with Crippen LogP contribution in [0.1, 0.15) is 0 Å². The Morgan fingerprint density at radius 1 is 1.45 bits per heavy atom. The highest BCUT2D eigenvalue weighted by Gasteiger charge is 2.14. The number of carbonyl (C=O) groups excluding carboxylic acids is 1. The van der Waals surface area contributed by atoms with Crippen molar-refractivity contribution in [1.82, 2.24) is 9.88 Å². The van der Waals surface area contributed by atoms with Crippen LogP contribution in [0.25, 0.3) is 0 Å². The molecule has 1 aromatic rings. The van der Waals surface area contributed by atoms with Crippen LogP contribution in [0.2, 0.25) is 10.0 Å². The highest BCUT2D eigenvalue weighted by atomic mass is 35.5. The molecule has 20 heavy (non-hydrogen) atoms. The summed E-state index contributed by atoms with van der Waals surface area (Å²) < 4.78 is 0. The summed E-state index contributed by atoms with van der Waals surface area (Å²) in [6.07, 6.45) is 2.87. The summed E-state index contributed by atoms with van der Waals surface area (Å²) in [5, 5.41) is 11.8. The minimum absolute atomic E-state index is 0.112. The molecule has 8 heteroatoms. The van der Waals surface area contributed by atoms with Crippen molar-refractivity contribution in [3.63, 3.8) is 0 Å². The average molecular weight is 318 g/mol. The fraction of sp³-hybridized carbons (Fsp3) is 0.250. The fourth-order valence-corrected chi connectivity index (χ4v) is 1.87. The molecule has 108 valence electrons. The molecule has 0 aliphatic rings. The van der Waals surface area contributed by atoms with Crippen LogP contribution in [0.15, 0.2) is 24.9 Å². The Kier molecular flexibility index (Phi) is 6.44. The van der Waals surface area contributed by atoms with Gasteiger partial charge in [0.25, 0.3) is 0 Å². The van der Waals surface area contributed by atoms with E-state index in [0.29, 0.717) is 5.02 Å². The first-order chi connectivity index (χ1) is 9.42. The number of carboxylic acids is 1. The van der Waals surface area contributed by atoms with E-state index in [-0.39, 0.29) is 30.5 Å². The number of amides is 1. The second-order valence-electron chi connectivity index (χ2n) is 3.88. The molecule has 0 aromatic carbocycles. The lowest BCUT2D eigenvalue weighted by atomic mass is 10.4. The predicted molar refractivity (Wildman–Crippen MR) is 77.2 cm³/mol. The van der Waals surface area contributed by atoms with Crippen LogP contribution in [-0.4, -0.2) is 46.5 Å². The number of anilines is 1. The minimum atomic E-state index is -1.03. The molecule has 0 saturated carbocycles.